The molecule has 0 atom stereocenters. The Morgan fingerprint density at radius 2 is 1.79 bits per heavy atom. The van der Waals surface area contributed by atoms with Crippen LogP contribution in [0.25, 0.3) is 0 Å². The Kier molecular flexibility index (Phi) is 6.56. The highest BCUT2D eigenvalue weighted by Crippen LogP contribution is 2.35. The van der Waals surface area contributed by atoms with Gasteiger partial charge in [-0.3, -0.25) is 9.69 Å². The smallest absolute Gasteiger partial charge is 0.331 e. The number of nitrogens with zero attached hydrogens (tertiary/aromatic N) is 2. The van der Waals surface area contributed by atoms with Crippen molar-refractivity contribution in [3.8, 4) is 11.5 Å². The minimum absolute atomic E-state index is 0.256. The number of para-hydroxylation sites is 1. The monoisotopic (exact) mass is 412 g/mol. The van der Waals surface area contributed by atoms with Crippen LogP contribution in [0.4, 0.5) is 5.69 Å². The fraction of sp³-hybridized carbons (Fsp3) is 0.190. The summed E-state index contributed by atoms with van der Waals surface area (Å²) in [6.45, 7) is 0.260. The van der Waals surface area contributed by atoms with Crippen molar-refractivity contribution in [1.82, 2.24) is 4.90 Å². The average Bonchev–Trinajstić information content (AvgIpc) is 3.02. The Balaban J connectivity index is 1.96. The van der Waals surface area contributed by atoms with Crippen LogP contribution >= 0.6 is 11.8 Å². The summed E-state index contributed by atoms with van der Waals surface area (Å²) in [6.07, 6.45) is 1.18. The van der Waals surface area contributed by atoms with Gasteiger partial charge in [-0.15, -0.1) is 0 Å². The fourth-order valence-electron chi connectivity index (χ4n) is 2.67. The van der Waals surface area contributed by atoms with Crippen molar-refractivity contribution >= 4 is 34.5 Å². The molecular weight excluding hydrogens is 392 g/mol. The molecule has 0 radical (unpaired) electrons. The van der Waals surface area contributed by atoms with Crippen molar-refractivity contribution < 1.29 is 23.8 Å². The summed E-state index contributed by atoms with van der Waals surface area (Å²) in [4.78, 5) is 30.9. The first kappa shape index (κ1) is 20.5. The number of methoxy groups -OCH3 is 3. The lowest BCUT2D eigenvalue weighted by atomic mass is 10.2. The van der Waals surface area contributed by atoms with E-state index in [0.717, 1.165) is 17.3 Å². The summed E-state index contributed by atoms with van der Waals surface area (Å²) in [7, 11) is 4.38. The highest BCUT2D eigenvalue weighted by Gasteiger charge is 2.34. The van der Waals surface area contributed by atoms with E-state index in [1.54, 1.807) is 26.4 Å². The molecular formula is C21H20N2O5S. The molecule has 7 nitrogen and oxygen atoms in total. The first-order chi connectivity index (χ1) is 14.0. The zero-order valence-corrected chi connectivity index (χ0v) is 17.1. The van der Waals surface area contributed by atoms with E-state index in [1.165, 1.54) is 18.1 Å². The van der Waals surface area contributed by atoms with Crippen LogP contribution in [0.5, 0.6) is 11.5 Å². The Labute approximate surface area is 173 Å². The van der Waals surface area contributed by atoms with Gasteiger partial charge in [0.05, 0.1) is 38.5 Å². The van der Waals surface area contributed by atoms with Crippen LogP contribution < -0.4 is 9.47 Å². The molecule has 1 heterocycles. The van der Waals surface area contributed by atoms with Gasteiger partial charge in [-0.25, -0.2) is 9.79 Å². The minimum Gasteiger partial charge on any atom is -0.493 e. The van der Waals surface area contributed by atoms with Crippen molar-refractivity contribution in [2.24, 2.45) is 4.99 Å². The number of carbonyl (C=O) groups excluding carboxylic acids is 2. The molecule has 0 spiro atoms. The number of thioether (sulfide) groups is 1. The van der Waals surface area contributed by atoms with Crippen molar-refractivity contribution in [2.45, 2.75) is 6.54 Å². The number of hydrogen-bond acceptors (Lipinski definition) is 7. The van der Waals surface area contributed by atoms with Crippen LogP contribution in [0.3, 0.4) is 0 Å². The first-order valence-corrected chi connectivity index (χ1v) is 9.51. The van der Waals surface area contributed by atoms with E-state index < -0.39 is 5.97 Å². The molecule has 0 saturated carbocycles. The average molecular weight is 412 g/mol. The van der Waals surface area contributed by atoms with E-state index >= 15 is 0 Å². The molecule has 2 aromatic carbocycles. The van der Waals surface area contributed by atoms with Crippen molar-refractivity contribution in [2.75, 3.05) is 21.3 Å². The minimum atomic E-state index is -0.590. The van der Waals surface area contributed by atoms with Gasteiger partial charge in [-0.2, -0.15) is 0 Å². The highest BCUT2D eigenvalue weighted by atomic mass is 32.2. The van der Waals surface area contributed by atoms with Crippen LogP contribution in [0.1, 0.15) is 5.56 Å². The Morgan fingerprint density at radius 3 is 2.45 bits per heavy atom. The number of amidine groups is 1. The zero-order valence-electron chi connectivity index (χ0n) is 16.2. The zero-order chi connectivity index (χ0) is 20.8. The lowest BCUT2D eigenvalue weighted by molar-refractivity contribution is -0.135. The summed E-state index contributed by atoms with van der Waals surface area (Å²) >= 11 is 1.13. The molecule has 1 aliphatic heterocycles. The third-order valence-corrected chi connectivity index (χ3v) is 5.11. The molecule has 2 aromatic rings. The summed E-state index contributed by atoms with van der Waals surface area (Å²) in [6, 6.07) is 14.7. The number of benzene rings is 2. The number of ether oxygens (including phenoxy) is 3. The molecule has 150 valence electrons. The van der Waals surface area contributed by atoms with Crippen LogP contribution in [0.15, 0.2) is 64.5 Å². The maximum atomic E-state index is 12.9. The molecule has 0 unspecified atom stereocenters. The summed E-state index contributed by atoms with van der Waals surface area (Å²) in [5.41, 5.74) is 1.54. The second-order valence-electron chi connectivity index (χ2n) is 5.94. The second-order valence-corrected chi connectivity index (χ2v) is 6.95. The third-order valence-electron chi connectivity index (χ3n) is 4.11. The molecule has 0 aliphatic carbocycles. The van der Waals surface area contributed by atoms with Gasteiger partial charge in [0.1, 0.15) is 0 Å². The van der Waals surface area contributed by atoms with Crippen molar-refractivity contribution in [3.63, 3.8) is 0 Å². The van der Waals surface area contributed by atoms with Gasteiger partial charge >= 0.3 is 5.97 Å². The van der Waals surface area contributed by atoms with Gasteiger partial charge < -0.3 is 14.2 Å². The van der Waals surface area contributed by atoms with E-state index in [0.29, 0.717) is 22.4 Å². The molecule has 1 fully saturated rings. The van der Waals surface area contributed by atoms with E-state index in [9.17, 15) is 9.59 Å². The quantitative estimate of drug-likeness (QED) is 0.534. The fourth-order valence-corrected chi connectivity index (χ4v) is 3.63. The predicted octanol–water partition coefficient (Wildman–Crippen LogP) is 3.52. The van der Waals surface area contributed by atoms with Gasteiger partial charge in [-0.1, -0.05) is 24.3 Å². The maximum Gasteiger partial charge on any atom is 0.331 e. The molecule has 1 aliphatic rings. The Morgan fingerprint density at radius 1 is 1.07 bits per heavy atom. The van der Waals surface area contributed by atoms with Gasteiger partial charge in [0, 0.05) is 6.08 Å². The van der Waals surface area contributed by atoms with Crippen LogP contribution in [0.2, 0.25) is 0 Å². The predicted molar refractivity (Wildman–Crippen MR) is 111 cm³/mol. The van der Waals surface area contributed by atoms with E-state index in [1.807, 2.05) is 36.4 Å². The third kappa shape index (κ3) is 4.78. The molecule has 0 N–H and O–H groups in total. The first-order valence-electron chi connectivity index (χ1n) is 8.69. The topological polar surface area (TPSA) is 77.4 Å². The van der Waals surface area contributed by atoms with E-state index in [2.05, 4.69) is 9.73 Å². The number of amides is 1. The SMILES string of the molecule is COC(=O)/C=C1/SC(=Nc2ccccc2)N(Cc2ccc(OC)c(OC)c2)C1=O. The Bertz CT molecular complexity index is 972. The number of rotatable bonds is 6. The van der Waals surface area contributed by atoms with Gasteiger partial charge in [0.2, 0.25) is 0 Å². The summed E-state index contributed by atoms with van der Waals surface area (Å²) in [5, 5.41) is 0.478. The lowest BCUT2D eigenvalue weighted by Crippen LogP contribution is -2.28. The molecule has 3 rings (SSSR count). The number of esters is 1. The van der Waals surface area contributed by atoms with Gasteiger partial charge in [-0.05, 0) is 41.6 Å². The second kappa shape index (κ2) is 9.29. The number of aliphatic imine (C=N–C) groups is 1. The van der Waals surface area contributed by atoms with Crippen LogP contribution in [-0.4, -0.2) is 43.3 Å². The van der Waals surface area contributed by atoms with Gasteiger partial charge in [0.25, 0.3) is 5.91 Å². The van der Waals surface area contributed by atoms with Crippen LogP contribution in [-0.2, 0) is 20.9 Å². The normalized spacial score (nSPS) is 16.4. The molecule has 1 saturated heterocycles. The van der Waals surface area contributed by atoms with Gasteiger partial charge in [0.15, 0.2) is 16.7 Å². The largest absolute Gasteiger partial charge is 0.493 e. The number of carbonyl (C=O) groups is 2. The van der Waals surface area contributed by atoms with Crippen molar-refractivity contribution in [1.29, 1.82) is 0 Å². The molecule has 1 amide bonds. The maximum absolute atomic E-state index is 12.9. The summed E-state index contributed by atoms with van der Waals surface area (Å²) in [5.74, 6) is 0.261. The Hall–Kier alpha value is -3.26. The lowest BCUT2D eigenvalue weighted by Gasteiger charge is -2.17. The molecule has 29 heavy (non-hydrogen) atoms. The number of hydrogen-bond donors (Lipinski definition) is 0. The molecule has 0 aromatic heterocycles. The van der Waals surface area contributed by atoms with Crippen molar-refractivity contribution in [3.05, 3.63) is 65.1 Å². The summed E-state index contributed by atoms with van der Waals surface area (Å²) < 4.78 is 15.3. The van der Waals surface area contributed by atoms with Crippen LogP contribution in [0, 0.1) is 0 Å². The van der Waals surface area contributed by atoms with E-state index in [4.69, 9.17) is 9.47 Å². The van der Waals surface area contributed by atoms with E-state index in [-0.39, 0.29) is 17.4 Å². The molecule has 8 heteroatoms. The highest BCUT2D eigenvalue weighted by molar-refractivity contribution is 8.18. The standard InChI is InChI=1S/C21H20N2O5S/c1-26-16-10-9-14(11-17(16)27-2)13-23-20(25)18(12-19(24)28-3)29-21(23)22-15-7-5-4-6-8-15/h4-12H,13H2,1-3H3/b18-12+,22-21?. The molecule has 0 bridgehead atoms.